The molecule has 8 nitrogen and oxygen atoms in total. The fraction of sp³-hybridized carbons (Fsp3) is 0.481. The average molecular weight is 518 g/mol. The van der Waals surface area contributed by atoms with Gasteiger partial charge in [0, 0.05) is 31.1 Å². The summed E-state index contributed by atoms with van der Waals surface area (Å²) in [4.78, 5) is 27.8. The Balaban J connectivity index is 2.19. The first-order valence-electron chi connectivity index (χ1n) is 12.0. The average Bonchev–Trinajstić information content (AvgIpc) is 2.79. The molecule has 1 N–H and O–H groups in total. The molecule has 2 aromatic rings. The fourth-order valence-electron chi connectivity index (χ4n) is 3.72. The van der Waals surface area contributed by atoms with E-state index in [2.05, 4.69) is 5.32 Å². The van der Waals surface area contributed by atoms with Crippen molar-refractivity contribution in [1.29, 1.82) is 0 Å². The molecule has 0 spiro atoms. The zero-order chi connectivity index (χ0) is 27.1. The second-order valence-corrected chi connectivity index (χ2v) is 12.0. The largest absolute Gasteiger partial charge is 0.497 e. The first-order valence-corrected chi connectivity index (χ1v) is 13.8. The van der Waals surface area contributed by atoms with Gasteiger partial charge >= 0.3 is 0 Å². The fourth-order valence-corrected chi connectivity index (χ4v) is 4.67. The summed E-state index contributed by atoms with van der Waals surface area (Å²) in [6, 6.07) is 13.9. The molecule has 0 saturated carbocycles. The summed E-state index contributed by atoms with van der Waals surface area (Å²) in [5, 5.41) is 2.94. The first-order chi connectivity index (χ1) is 16.7. The number of nitrogens with one attached hydrogen (secondary N) is 1. The predicted molar refractivity (Wildman–Crippen MR) is 144 cm³/mol. The number of methoxy groups -OCH3 is 1. The SMILES string of the molecule is COc1cccc(N(CCCC(=O)N(Cc2ccc(C)cc2)C(C)C(=O)NC(C)(C)C)S(C)(=O)=O)c1. The lowest BCUT2D eigenvalue weighted by Gasteiger charge is -2.32. The van der Waals surface area contributed by atoms with E-state index in [1.165, 1.54) is 11.4 Å². The minimum atomic E-state index is -3.58. The quantitative estimate of drug-likeness (QED) is 0.488. The van der Waals surface area contributed by atoms with Gasteiger partial charge in [0.1, 0.15) is 11.8 Å². The van der Waals surface area contributed by atoms with Gasteiger partial charge in [-0.1, -0.05) is 35.9 Å². The number of ether oxygens (including phenoxy) is 1. The molecular formula is C27H39N3O5S. The van der Waals surface area contributed by atoms with Crippen LogP contribution in [-0.2, 0) is 26.2 Å². The van der Waals surface area contributed by atoms with Gasteiger partial charge in [-0.25, -0.2) is 8.42 Å². The zero-order valence-corrected chi connectivity index (χ0v) is 23.2. The number of carbonyl (C=O) groups is 2. The van der Waals surface area contributed by atoms with E-state index in [-0.39, 0.29) is 31.3 Å². The highest BCUT2D eigenvalue weighted by Crippen LogP contribution is 2.24. The summed E-state index contributed by atoms with van der Waals surface area (Å²) < 4.78 is 31.4. The molecule has 1 unspecified atom stereocenters. The third kappa shape index (κ3) is 8.86. The molecular weight excluding hydrogens is 478 g/mol. The van der Waals surface area contributed by atoms with E-state index in [0.29, 0.717) is 17.9 Å². The van der Waals surface area contributed by atoms with E-state index >= 15 is 0 Å². The van der Waals surface area contributed by atoms with E-state index < -0.39 is 21.6 Å². The van der Waals surface area contributed by atoms with Gasteiger partial charge in [-0.15, -0.1) is 0 Å². The molecule has 0 aromatic heterocycles. The Morgan fingerprint density at radius 2 is 1.72 bits per heavy atom. The summed E-state index contributed by atoms with van der Waals surface area (Å²) >= 11 is 0. The van der Waals surface area contributed by atoms with Crippen LogP contribution in [0.1, 0.15) is 51.7 Å². The number of hydrogen-bond donors (Lipinski definition) is 1. The highest BCUT2D eigenvalue weighted by molar-refractivity contribution is 7.92. The van der Waals surface area contributed by atoms with Crippen LogP contribution in [0.4, 0.5) is 5.69 Å². The number of sulfonamides is 1. The standard InChI is InChI=1S/C27H39N3O5S/c1-20-13-15-22(16-14-20)19-29(21(2)26(32)28-27(3,4)5)25(31)12-9-17-30(36(7,33)34)23-10-8-11-24(18-23)35-6/h8,10-11,13-16,18,21H,9,12,17,19H2,1-7H3,(H,28,32). The minimum absolute atomic E-state index is 0.0922. The number of amides is 2. The van der Waals surface area contributed by atoms with Crippen molar-refractivity contribution in [2.24, 2.45) is 0 Å². The van der Waals surface area contributed by atoms with Gasteiger partial charge in [0.15, 0.2) is 0 Å². The Labute approximate surface area is 215 Å². The van der Waals surface area contributed by atoms with Gasteiger partial charge in [0.05, 0.1) is 19.1 Å². The number of nitrogens with zero attached hydrogens (tertiary/aromatic N) is 2. The van der Waals surface area contributed by atoms with E-state index in [1.807, 2.05) is 52.0 Å². The second-order valence-electron chi connectivity index (χ2n) is 10.1. The molecule has 198 valence electrons. The van der Waals surface area contributed by atoms with E-state index in [0.717, 1.165) is 17.4 Å². The van der Waals surface area contributed by atoms with Crippen LogP contribution in [0.3, 0.4) is 0 Å². The zero-order valence-electron chi connectivity index (χ0n) is 22.4. The molecule has 36 heavy (non-hydrogen) atoms. The smallest absolute Gasteiger partial charge is 0.242 e. The Morgan fingerprint density at radius 1 is 1.08 bits per heavy atom. The van der Waals surface area contributed by atoms with Crippen LogP contribution in [0.2, 0.25) is 0 Å². The Bertz CT molecular complexity index is 1140. The van der Waals surface area contributed by atoms with Gasteiger partial charge in [0.25, 0.3) is 0 Å². The van der Waals surface area contributed by atoms with Crippen LogP contribution in [0, 0.1) is 6.92 Å². The van der Waals surface area contributed by atoms with Crippen LogP contribution < -0.4 is 14.4 Å². The number of anilines is 1. The molecule has 0 aliphatic heterocycles. The van der Waals surface area contributed by atoms with Gasteiger partial charge in [-0.05, 0) is 58.7 Å². The Morgan fingerprint density at radius 3 is 2.28 bits per heavy atom. The highest BCUT2D eigenvalue weighted by Gasteiger charge is 2.28. The van der Waals surface area contributed by atoms with E-state index in [1.54, 1.807) is 36.1 Å². The molecule has 2 aromatic carbocycles. The monoisotopic (exact) mass is 517 g/mol. The van der Waals surface area contributed by atoms with Crippen molar-refractivity contribution in [2.45, 2.75) is 65.6 Å². The molecule has 2 rings (SSSR count). The number of aryl methyl sites for hydroxylation is 1. The lowest BCUT2D eigenvalue weighted by molar-refractivity contribution is -0.141. The van der Waals surface area contributed by atoms with Gasteiger partial charge in [-0.3, -0.25) is 13.9 Å². The van der Waals surface area contributed by atoms with Gasteiger partial charge in [-0.2, -0.15) is 0 Å². The predicted octanol–water partition coefficient (Wildman–Crippen LogP) is 3.88. The number of carbonyl (C=O) groups excluding carboxylic acids is 2. The van der Waals surface area contributed by atoms with Crippen LogP contribution in [0.25, 0.3) is 0 Å². The maximum absolute atomic E-state index is 13.4. The minimum Gasteiger partial charge on any atom is -0.497 e. The molecule has 0 radical (unpaired) electrons. The summed E-state index contributed by atoms with van der Waals surface area (Å²) in [5.74, 6) is 0.0866. The van der Waals surface area contributed by atoms with Crippen molar-refractivity contribution in [3.8, 4) is 5.75 Å². The first kappa shape index (κ1) is 29.2. The molecule has 1 atom stereocenters. The highest BCUT2D eigenvalue weighted by atomic mass is 32.2. The molecule has 0 bridgehead atoms. The Kier molecular flexibility index (Phi) is 9.93. The van der Waals surface area contributed by atoms with Crippen LogP contribution in [-0.4, -0.2) is 56.6 Å². The summed E-state index contributed by atoms with van der Waals surface area (Å²) in [7, 11) is -2.06. The Hall–Kier alpha value is -3.07. The van der Waals surface area contributed by atoms with Crippen LogP contribution in [0.5, 0.6) is 5.75 Å². The molecule has 9 heteroatoms. The van der Waals surface area contributed by atoms with E-state index in [9.17, 15) is 18.0 Å². The maximum Gasteiger partial charge on any atom is 0.242 e. The molecule has 2 amide bonds. The van der Waals surface area contributed by atoms with Gasteiger partial charge < -0.3 is 15.0 Å². The molecule has 0 saturated heterocycles. The molecule has 0 aliphatic rings. The third-order valence-corrected chi connectivity index (χ3v) is 6.83. The number of rotatable bonds is 11. The molecule has 0 heterocycles. The van der Waals surface area contributed by atoms with Crippen molar-refractivity contribution >= 4 is 27.5 Å². The topological polar surface area (TPSA) is 96.0 Å². The normalized spacial score (nSPS) is 12.5. The lowest BCUT2D eigenvalue weighted by atomic mass is 10.1. The van der Waals surface area contributed by atoms with Crippen LogP contribution >= 0.6 is 0 Å². The second kappa shape index (κ2) is 12.3. The van der Waals surface area contributed by atoms with Crippen molar-refractivity contribution in [3.63, 3.8) is 0 Å². The van der Waals surface area contributed by atoms with E-state index in [4.69, 9.17) is 4.74 Å². The van der Waals surface area contributed by atoms with Crippen LogP contribution in [0.15, 0.2) is 48.5 Å². The van der Waals surface area contributed by atoms with Crippen molar-refractivity contribution in [3.05, 3.63) is 59.7 Å². The summed E-state index contributed by atoms with van der Waals surface area (Å²) in [6.07, 6.45) is 1.52. The molecule has 0 aliphatic carbocycles. The van der Waals surface area contributed by atoms with Crippen molar-refractivity contribution in [1.82, 2.24) is 10.2 Å². The van der Waals surface area contributed by atoms with Crippen molar-refractivity contribution in [2.75, 3.05) is 24.2 Å². The summed E-state index contributed by atoms with van der Waals surface area (Å²) in [6.45, 7) is 9.78. The number of hydrogen-bond acceptors (Lipinski definition) is 5. The maximum atomic E-state index is 13.4. The third-order valence-electron chi connectivity index (χ3n) is 5.63. The lowest BCUT2D eigenvalue weighted by Crippen LogP contribution is -2.52. The summed E-state index contributed by atoms with van der Waals surface area (Å²) in [5.41, 5.74) is 2.06. The van der Waals surface area contributed by atoms with Gasteiger partial charge in [0.2, 0.25) is 21.8 Å². The molecule has 0 fully saturated rings. The number of benzene rings is 2. The van der Waals surface area contributed by atoms with Crippen molar-refractivity contribution < 1.29 is 22.7 Å².